The summed E-state index contributed by atoms with van der Waals surface area (Å²) in [7, 11) is -4.16. The molecule has 0 spiro atoms. The van der Waals surface area contributed by atoms with Crippen LogP contribution in [0.3, 0.4) is 0 Å². The van der Waals surface area contributed by atoms with Gasteiger partial charge in [0.05, 0.1) is 15.4 Å². The fraction of sp³-hybridized carbons (Fsp3) is 0.250. The van der Waals surface area contributed by atoms with E-state index in [1.165, 1.54) is 12.1 Å². The highest BCUT2D eigenvalue weighted by Gasteiger charge is 2.34. The van der Waals surface area contributed by atoms with Crippen LogP contribution < -0.4 is 0 Å². The van der Waals surface area contributed by atoms with Crippen molar-refractivity contribution < 1.29 is 26.5 Å². The molecule has 0 radical (unpaired) electrons. The van der Waals surface area contributed by atoms with E-state index in [-0.39, 0.29) is 18.8 Å². The molecule has 10 heteroatoms. The monoisotopic (exact) mass is 386 g/mol. The average Bonchev–Trinajstić information content (AvgIpc) is 2.60. The number of nitro groups is 1. The van der Waals surface area contributed by atoms with Gasteiger partial charge in [0.15, 0.2) is 0 Å². The first-order chi connectivity index (χ1) is 12.1. The molecule has 0 saturated carbocycles. The van der Waals surface area contributed by atoms with Crippen LogP contribution in [0.5, 0.6) is 0 Å². The standard InChI is InChI=1S/C16H13F3N2O4S/c17-16(18,19)13-2-1-3-15(9-13)26(24,25)20-7-6-11-4-5-14(21(22)23)8-12(11)10-20/h1-5,8-9H,6-7,10H2. The summed E-state index contributed by atoms with van der Waals surface area (Å²) in [5, 5.41) is 10.9. The Bertz CT molecular complexity index is 974. The van der Waals surface area contributed by atoms with E-state index in [4.69, 9.17) is 0 Å². The van der Waals surface area contributed by atoms with E-state index in [1.54, 1.807) is 6.07 Å². The number of non-ortho nitro benzene ring substituents is 1. The first kappa shape index (κ1) is 18.3. The summed E-state index contributed by atoms with van der Waals surface area (Å²) in [5.74, 6) is 0. The van der Waals surface area contributed by atoms with Crippen molar-refractivity contribution in [3.05, 3.63) is 69.3 Å². The number of halogens is 3. The molecule has 0 saturated heterocycles. The molecule has 26 heavy (non-hydrogen) atoms. The maximum Gasteiger partial charge on any atom is 0.416 e. The van der Waals surface area contributed by atoms with E-state index in [9.17, 15) is 31.7 Å². The van der Waals surface area contributed by atoms with Gasteiger partial charge in [-0.2, -0.15) is 17.5 Å². The SMILES string of the molecule is O=[N+]([O-])c1ccc2c(c1)CN(S(=O)(=O)c1cccc(C(F)(F)F)c1)CC2. The first-order valence-electron chi connectivity index (χ1n) is 7.52. The van der Waals surface area contributed by atoms with Gasteiger partial charge >= 0.3 is 6.18 Å². The Morgan fingerprint density at radius 2 is 1.81 bits per heavy atom. The number of sulfonamides is 1. The first-order valence-corrected chi connectivity index (χ1v) is 8.96. The Balaban J connectivity index is 1.94. The molecule has 138 valence electrons. The molecule has 1 aliphatic rings. The Kier molecular flexibility index (Phi) is 4.49. The van der Waals surface area contributed by atoms with Crippen LogP contribution >= 0.6 is 0 Å². The summed E-state index contributed by atoms with van der Waals surface area (Å²) in [6, 6.07) is 7.75. The van der Waals surface area contributed by atoms with E-state index in [0.717, 1.165) is 28.1 Å². The fourth-order valence-corrected chi connectivity index (χ4v) is 4.28. The lowest BCUT2D eigenvalue weighted by molar-refractivity contribution is -0.385. The summed E-state index contributed by atoms with van der Waals surface area (Å²) in [4.78, 5) is 9.85. The van der Waals surface area contributed by atoms with Gasteiger partial charge in [-0.3, -0.25) is 10.1 Å². The van der Waals surface area contributed by atoms with Crippen molar-refractivity contribution in [3.63, 3.8) is 0 Å². The summed E-state index contributed by atoms with van der Waals surface area (Å²) in [6.07, 6.45) is -4.33. The topological polar surface area (TPSA) is 80.5 Å². The fourth-order valence-electron chi connectivity index (χ4n) is 2.82. The van der Waals surface area contributed by atoms with E-state index < -0.39 is 31.6 Å². The zero-order chi connectivity index (χ0) is 19.1. The molecule has 1 heterocycles. The second-order valence-corrected chi connectivity index (χ2v) is 7.76. The lowest BCUT2D eigenvalue weighted by Crippen LogP contribution is -2.36. The van der Waals surface area contributed by atoms with Gasteiger partial charge in [0, 0.05) is 25.2 Å². The van der Waals surface area contributed by atoms with Gasteiger partial charge in [-0.1, -0.05) is 12.1 Å². The highest BCUT2D eigenvalue weighted by Crippen LogP contribution is 2.32. The van der Waals surface area contributed by atoms with Crippen molar-refractivity contribution in [2.45, 2.75) is 24.0 Å². The smallest absolute Gasteiger partial charge is 0.258 e. The zero-order valence-corrected chi connectivity index (χ0v) is 14.0. The van der Waals surface area contributed by atoms with Gasteiger partial charge in [0.25, 0.3) is 5.69 Å². The largest absolute Gasteiger partial charge is 0.416 e. The van der Waals surface area contributed by atoms with Crippen LogP contribution in [0.1, 0.15) is 16.7 Å². The molecular formula is C16H13F3N2O4S. The molecule has 2 aromatic rings. The van der Waals surface area contributed by atoms with Crippen LogP contribution in [0.25, 0.3) is 0 Å². The van der Waals surface area contributed by atoms with Gasteiger partial charge < -0.3 is 0 Å². The Morgan fingerprint density at radius 1 is 1.08 bits per heavy atom. The van der Waals surface area contributed by atoms with E-state index >= 15 is 0 Å². The Hall–Kier alpha value is -2.46. The number of alkyl halides is 3. The van der Waals surface area contributed by atoms with Gasteiger partial charge in [0.2, 0.25) is 10.0 Å². The lowest BCUT2D eigenvalue weighted by Gasteiger charge is -2.28. The van der Waals surface area contributed by atoms with Crippen molar-refractivity contribution in [2.75, 3.05) is 6.54 Å². The quantitative estimate of drug-likeness (QED) is 0.598. The second-order valence-electron chi connectivity index (χ2n) is 5.82. The number of hydrogen-bond acceptors (Lipinski definition) is 4. The zero-order valence-electron chi connectivity index (χ0n) is 13.2. The minimum Gasteiger partial charge on any atom is -0.258 e. The Labute approximate surface area is 147 Å². The number of hydrogen-bond donors (Lipinski definition) is 0. The third kappa shape index (κ3) is 3.42. The lowest BCUT2D eigenvalue weighted by atomic mass is 10.0. The van der Waals surface area contributed by atoms with Gasteiger partial charge in [-0.05, 0) is 35.7 Å². The number of nitrogens with zero attached hydrogens (tertiary/aromatic N) is 2. The van der Waals surface area contributed by atoms with E-state index in [0.29, 0.717) is 18.1 Å². The molecule has 0 N–H and O–H groups in total. The maximum atomic E-state index is 12.8. The van der Waals surface area contributed by atoms with Gasteiger partial charge in [-0.15, -0.1) is 0 Å². The van der Waals surface area contributed by atoms with Crippen molar-refractivity contribution in [3.8, 4) is 0 Å². The molecule has 1 aliphatic heterocycles. The molecule has 0 amide bonds. The van der Waals surface area contributed by atoms with Gasteiger partial charge in [0.1, 0.15) is 0 Å². The minimum absolute atomic E-state index is 0.0867. The number of fused-ring (bicyclic) bond motifs is 1. The Morgan fingerprint density at radius 3 is 2.46 bits per heavy atom. The molecule has 2 aromatic carbocycles. The van der Waals surface area contributed by atoms with Crippen LogP contribution in [0, 0.1) is 10.1 Å². The molecule has 3 rings (SSSR count). The van der Waals surface area contributed by atoms with Crippen LogP contribution in [0.4, 0.5) is 18.9 Å². The van der Waals surface area contributed by atoms with Crippen molar-refractivity contribution >= 4 is 15.7 Å². The second kappa shape index (κ2) is 6.36. The third-order valence-corrected chi connectivity index (χ3v) is 6.02. The highest BCUT2D eigenvalue weighted by atomic mass is 32.2. The molecule has 6 nitrogen and oxygen atoms in total. The molecule has 0 fully saturated rings. The van der Waals surface area contributed by atoms with Crippen LogP contribution in [-0.4, -0.2) is 24.2 Å². The van der Waals surface area contributed by atoms with E-state index in [2.05, 4.69) is 0 Å². The van der Waals surface area contributed by atoms with Crippen LogP contribution in [0.2, 0.25) is 0 Å². The summed E-state index contributed by atoms with van der Waals surface area (Å²) >= 11 is 0. The maximum absolute atomic E-state index is 12.8. The van der Waals surface area contributed by atoms with Crippen molar-refractivity contribution in [1.29, 1.82) is 0 Å². The number of rotatable bonds is 3. The average molecular weight is 386 g/mol. The number of benzene rings is 2. The van der Waals surface area contributed by atoms with Crippen molar-refractivity contribution in [2.24, 2.45) is 0 Å². The van der Waals surface area contributed by atoms with Crippen LogP contribution in [-0.2, 0) is 29.2 Å². The molecule has 0 unspecified atom stereocenters. The molecule has 0 bridgehead atoms. The van der Waals surface area contributed by atoms with Gasteiger partial charge in [-0.25, -0.2) is 8.42 Å². The molecular weight excluding hydrogens is 373 g/mol. The van der Waals surface area contributed by atoms with Crippen molar-refractivity contribution in [1.82, 2.24) is 4.31 Å². The normalized spacial score (nSPS) is 15.5. The predicted molar refractivity (Wildman–Crippen MR) is 85.8 cm³/mol. The number of nitro benzene ring substituents is 1. The molecule has 0 aromatic heterocycles. The summed E-state index contributed by atoms with van der Waals surface area (Å²) < 4.78 is 65.0. The third-order valence-electron chi connectivity index (χ3n) is 4.18. The summed E-state index contributed by atoms with van der Waals surface area (Å²) in [5.41, 5.74) is 0.0424. The summed E-state index contributed by atoms with van der Waals surface area (Å²) in [6.45, 7) is -0.0427. The predicted octanol–water partition coefficient (Wildman–Crippen LogP) is 3.36. The molecule has 0 aliphatic carbocycles. The molecule has 0 atom stereocenters. The van der Waals surface area contributed by atoms with Crippen LogP contribution in [0.15, 0.2) is 47.4 Å². The highest BCUT2D eigenvalue weighted by molar-refractivity contribution is 7.89. The van der Waals surface area contributed by atoms with E-state index in [1.807, 2.05) is 0 Å². The minimum atomic E-state index is -4.65.